The molecule has 3 nitrogen and oxygen atoms in total. The average Bonchev–Trinajstić information content (AvgIpc) is 2.99. The molecule has 0 bridgehead atoms. The standard InChI is InChI=1S/C21H16N2O/c24-21(13-10-15-6-2-1-3-7-15)22-16-11-12-20-18(14-16)17-8-4-5-9-19(17)23-20/h1-14,23H,(H,22,24)/b13-10+. The number of benzene rings is 3. The normalized spacial score (nSPS) is 11.3. The molecule has 4 rings (SSSR count). The van der Waals surface area contributed by atoms with Crippen molar-refractivity contribution in [2.24, 2.45) is 0 Å². The third kappa shape index (κ3) is 2.79. The highest BCUT2D eigenvalue weighted by Crippen LogP contribution is 2.27. The minimum Gasteiger partial charge on any atom is -0.355 e. The van der Waals surface area contributed by atoms with Crippen molar-refractivity contribution >= 4 is 39.5 Å². The zero-order chi connectivity index (χ0) is 16.4. The zero-order valence-electron chi connectivity index (χ0n) is 13.0. The molecule has 0 unspecified atom stereocenters. The maximum absolute atomic E-state index is 12.1. The van der Waals surface area contributed by atoms with Gasteiger partial charge in [-0.1, -0.05) is 48.5 Å². The predicted molar refractivity (Wildman–Crippen MR) is 99.9 cm³/mol. The molecule has 0 saturated carbocycles. The molecular weight excluding hydrogens is 296 g/mol. The smallest absolute Gasteiger partial charge is 0.248 e. The van der Waals surface area contributed by atoms with Gasteiger partial charge in [0.1, 0.15) is 0 Å². The topological polar surface area (TPSA) is 44.9 Å². The van der Waals surface area contributed by atoms with Crippen LogP contribution >= 0.6 is 0 Å². The van der Waals surface area contributed by atoms with E-state index in [2.05, 4.69) is 22.4 Å². The van der Waals surface area contributed by atoms with Crippen LogP contribution in [0.2, 0.25) is 0 Å². The van der Waals surface area contributed by atoms with E-state index >= 15 is 0 Å². The van der Waals surface area contributed by atoms with Gasteiger partial charge < -0.3 is 10.3 Å². The van der Waals surface area contributed by atoms with E-state index in [4.69, 9.17) is 0 Å². The van der Waals surface area contributed by atoms with Crippen molar-refractivity contribution < 1.29 is 4.79 Å². The Hall–Kier alpha value is -3.33. The fraction of sp³-hybridized carbons (Fsp3) is 0. The molecule has 1 aromatic heterocycles. The summed E-state index contributed by atoms with van der Waals surface area (Å²) in [6.07, 6.45) is 3.36. The molecule has 1 heterocycles. The lowest BCUT2D eigenvalue weighted by molar-refractivity contribution is -0.111. The maximum atomic E-state index is 12.1. The van der Waals surface area contributed by atoms with Gasteiger partial charge in [0.2, 0.25) is 5.91 Å². The number of amides is 1. The summed E-state index contributed by atoms with van der Waals surface area (Å²) in [7, 11) is 0. The highest BCUT2D eigenvalue weighted by atomic mass is 16.1. The minimum absolute atomic E-state index is 0.141. The highest BCUT2D eigenvalue weighted by molar-refractivity contribution is 6.10. The van der Waals surface area contributed by atoms with Crippen LogP contribution in [-0.2, 0) is 4.79 Å². The Morgan fingerprint density at radius 2 is 1.58 bits per heavy atom. The fourth-order valence-electron chi connectivity index (χ4n) is 2.85. The van der Waals surface area contributed by atoms with Crippen LogP contribution < -0.4 is 5.32 Å². The Kier molecular flexibility index (Phi) is 3.60. The number of rotatable bonds is 3. The van der Waals surface area contributed by atoms with Gasteiger partial charge in [-0.2, -0.15) is 0 Å². The van der Waals surface area contributed by atoms with Gasteiger partial charge in [0.25, 0.3) is 0 Å². The summed E-state index contributed by atoms with van der Waals surface area (Å²) in [5.41, 5.74) is 3.95. The molecule has 4 aromatic rings. The molecule has 0 aliphatic rings. The van der Waals surface area contributed by atoms with Crippen LogP contribution in [0.3, 0.4) is 0 Å². The van der Waals surface area contributed by atoms with Crippen LogP contribution in [0, 0.1) is 0 Å². The molecule has 0 aliphatic carbocycles. The van der Waals surface area contributed by atoms with Crippen molar-refractivity contribution in [2.45, 2.75) is 0 Å². The molecule has 24 heavy (non-hydrogen) atoms. The van der Waals surface area contributed by atoms with E-state index in [1.807, 2.05) is 60.7 Å². The van der Waals surface area contributed by atoms with Crippen LogP contribution in [0.4, 0.5) is 5.69 Å². The van der Waals surface area contributed by atoms with Crippen molar-refractivity contribution in [3.63, 3.8) is 0 Å². The summed E-state index contributed by atoms with van der Waals surface area (Å²) < 4.78 is 0. The molecule has 0 fully saturated rings. The number of fused-ring (bicyclic) bond motifs is 3. The molecule has 116 valence electrons. The first kappa shape index (κ1) is 14.3. The lowest BCUT2D eigenvalue weighted by Crippen LogP contribution is -2.07. The maximum Gasteiger partial charge on any atom is 0.248 e. The molecule has 0 saturated heterocycles. The second-order valence-corrected chi connectivity index (χ2v) is 5.66. The average molecular weight is 312 g/mol. The van der Waals surface area contributed by atoms with Gasteiger partial charge in [0, 0.05) is 33.6 Å². The Morgan fingerprint density at radius 3 is 2.46 bits per heavy atom. The number of hydrogen-bond acceptors (Lipinski definition) is 1. The van der Waals surface area contributed by atoms with Gasteiger partial charge in [-0.3, -0.25) is 4.79 Å². The van der Waals surface area contributed by atoms with Gasteiger partial charge in [0.15, 0.2) is 0 Å². The molecule has 2 N–H and O–H groups in total. The number of carbonyl (C=O) groups excluding carboxylic acids is 1. The summed E-state index contributed by atoms with van der Waals surface area (Å²) in [6, 6.07) is 23.8. The van der Waals surface area contributed by atoms with Crippen LogP contribution in [0.5, 0.6) is 0 Å². The second kappa shape index (κ2) is 6.05. The summed E-state index contributed by atoms with van der Waals surface area (Å²) in [6.45, 7) is 0. The Labute approximate surface area is 139 Å². The van der Waals surface area contributed by atoms with Gasteiger partial charge >= 0.3 is 0 Å². The monoisotopic (exact) mass is 312 g/mol. The van der Waals surface area contributed by atoms with E-state index in [1.165, 1.54) is 0 Å². The number of para-hydroxylation sites is 1. The van der Waals surface area contributed by atoms with Gasteiger partial charge in [0.05, 0.1) is 0 Å². The Morgan fingerprint density at radius 1 is 0.833 bits per heavy atom. The Balaban J connectivity index is 1.59. The van der Waals surface area contributed by atoms with Crippen molar-refractivity contribution in [3.8, 4) is 0 Å². The van der Waals surface area contributed by atoms with E-state index in [0.717, 1.165) is 33.1 Å². The summed E-state index contributed by atoms with van der Waals surface area (Å²) in [5.74, 6) is -0.141. The van der Waals surface area contributed by atoms with E-state index in [9.17, 15) is 4.79 Å². The molecule has 0 atom stereocenters. The predicted octanol–water partition coefficient (Wildman–Crippen LogP) is 4.97. The molecule has 0 aliphatic heterocycles. The van der Waals surface area contributed by atoms with Crippen molar-refractivity contribution in [1.82, 2.24) is 4.98 Å². The lowest BCUT2D eigenvalue weighted by Gasteiger charge is -2.02. The molecule has 3 aromatic carbocycles. The van der Waals surface area contributed by atoms with Crippen molar-refractivity contribution in [3.05, 3.63) is 84.4 Å². The van der Waals surface area contributed by atoms with E-state index in [1.54, 1.807) is 12.2 Å². The number of H-pyrrole nitrogens is 1. The molecular formula is C21H16N2O. The minimum atomic E-state index is -0.141. The number of aromatic amines is 1. The van der Waals surface area contributed by atoms with Crippen LogP contribution in [-0.4, -0.2) is 10.9 Å². The largest absolute Gasteiger partial charge is 0.355 e. The first-order valence-electron chi connectivity index (χ1n) is 7.84. The summed E-state index contributed by atoms with van der Waals surface area (Å²) >= 11 is 0. The zero-order valence-corrected chi connectivity index (χ0v) is 13.0. The fourth-order valence-corrected chi connectivity index (χ4v) is 2.85. The van der Waals surface area contributed by atoms with Crippen molar-refractivity contribution in [2.75, 3.05) is 5.32 Å². The molecule has 0 spiro atoms. The lowest BCUT2D eigenvalue weighted by atomic mass is 10.1. The number of nitrogens with one attached hydrogen (secondary N) is 2. The summed E-state index contributed by atoms with van der Waals surface area (Å²) in [4.78, 5) is 15.5. The number of carbonyl (C=O) groups is 1. The highest BCUT2D eigenvalue weighted by Gasteiger charge is 2.05. The van der Waals surface area contributed by atoms with E-state index in [0.29, 0.717) is 0 Å². The van der Waals surface area contributed by atoms with Crippen LogP contribution in [0.1, 0.15) is 5.56 Å². The van der Waals surface area contributed by atoms with E-state index < -0.39 is 0 Å². The summed E-state index contributed by atoms with van der Waals surface area (Å²) in [5, 5.41) is 5.18. The van der Waals surface area contributed by atoms with Crippen LogP contribution in [0.25, 0.3) is 27.9 Å². The molecule has 1 amide bonds. The van der Waals surface area contributed by atoms with Gasteiger partial charge in [-0.05, 0) is 35.9 Å². The first-order valence-corrected chi connectivity index (χ1v) is 7.84. The number of anilines is 1. The molecule has 3 heteroatoms. The third-order valence-electron chi connectivity index (χ3n) is 4.00. The van der Waals surface area contributed by atoms with E-state index in [-0.39, 0.29) is 5.91 Å². The third-order valence-corrected chi connectivity index (χ3v) is 4.00. The SMILES string of the molecule is O=C(/C=C/c1ccccc1)Nc1ccc2[nH]c3ccccc3c2c1. The van der Waals surface area contributed by atoms with Gasteiger partial charge in [-0.15, -0.1) is 0 Å². The Bertz CT molecular complexity index is 1050. The van der Waals surface area contributed by atoms with Crippen LogP contribution in [0.15, 0.2) is 78.9 Å². The van der Waals surface area contributed by atoms with Crippen molar-refractivity contribution in [1.29, 1.82) is 0 Å². The number of aromatic nitrogens is 1. The molecule has 0 radical (unpaired) electrons. The number of hydrogen-bond donors (Lipinski definition) is 2. The second-order valence-electron chi connectivity index (χ2n) is 5.66. The quantitative estimate of drug-likeness (QED) is 0.515. The van der Waals surface area contributed by atoms with Gasteiger partial charge in [-0.25, -0.2) is 0 Å². The first-order chi connectivity index (χ1) is 11.8.